The van der Waals surface area contributed by atoms with Crippen molar-refractivity contribution in [2.75, 3.05) is 18.0 Å². The summed E-state index contributed by atoms with van der Waals surface area (Å²) >= 11 is 1.79. The zero-order valence-corrected chi connectivity index (χ0v) is 13.8. The van der Waals surface area contributed by atoms with Crippen LogP contribution >= 0.6 is 11.3 Å². The van der Waals surface area contributed by atoms with Gasteiger partial charge in [0, 0.05) is 18.0 Å². The van der Waals surface area contributed by atoms with Crippen molar-refractivity contribution in [2.45, 2.75) is 41.0 Å². The van der Waals surface area contributed by atoms with Gasteiger partial charge in [0.05, 0.1) is 5.39 Å². The van der Waals surface area contributed by atoms with Gasteiger partial charge in [0.1, 0.15) is 16.5 Å². The van der Waals surface area contributed by atoms with E-state index in [0.29, 0.717) is 0 Å². The van der Waals surface area contributed by atoms with Crippen LogP contribution in [-0.2, 0) is 0 Å². The van der Waals surface area contributed by atoms with Crippen molar-refractivity contribution in [1.29, 1.82) is 0 Å². The molecule has 1 saturated heterocycles. The van der Waals surface area contributed by atoms with E-state index in [9.17, 15) is 0 Å². The maximum absolute atomic E-state index is 4.79. The van der Waals surface area contributed by atoms with Gasteiger partial charge in [-0.1, -0.05) is 13.8 Å². The van der Waals surface area contributed by atoms with Crippen LogP contribution in [-0.4, -0.2) is 23.1 Å². The molecular formula is C16H23N3S. The van der Waals surface area contributed by atoms with Crippen LogP contribution in [0, 0.1) is 32.6 Å². The Morgan fingerprint density at radius 3 is 2.35 bits per heavy atom. The fourth-order valence-electron chi connectivity index (χ4n) is 3.40. The lowest BCUT2D eigenvalue weighted by molar-refractivity contribution is 0.355. The Balaban J connectivity index is 2.14. The third-order valence-electron chi connectivity index (χ3n) is 4.29. The van der Waals surface area contributed by atoms with Crippen molar-refractivity contribution in [1.82, 2.24) is 9.97 Å². The number of nitrogens with zero attached hydrogens (tertiary/aromatic N) is 3. The molecule has 0 aliphatic carbocycles. The van der Waals surface area contributed by atoms with Gasteiger partial charge in [0.2, 0.25) is 0 Å². The number of hydrogen-bond acceptors (Lipinski definition) is 4. The molecule has 1 fully saturated rings. The number of piperidine rings is 1. The molecule has 0 aromatic carbocycles. The van der Waals surface area contributed by atoms with Crippen LogP contribution < -0.4 is 4.90 Å². The number of hydrogen-bond donors (Lipinski definition) is 0. The first-order chi connectivity index (χ1) is 9.45. The number of thiophene rings is 1. The second-order valence-corrected chi connectivity index (χ2v) is 7.61. The first kappa shape index (κ1) is 13.8. The van der Waals surface area contributed by atoms with E-state index in [1.165, 1.54) is 22.2 Å². The third-order valence-corrected chi connectivity index (χ3v) is 5.39. The molecule has 0 bridgehead atoms. The van der Waals surface area contributed by atoms with Crippen LogP contribution in [0.25, 0.3) is 10.2 Å². The number of aryl methyl sites for hydroxylation is 3. The van der Waals surface area contributed by atoms with E-state index in [1.807, 2.05) is 6.92 Å². The summed E-state index contributed by atoms with van der Waals surface area (Å²) in [5.74, 6) is 3.53. The largest absolute Gasteiger partial charge is 0.355 e. The molecule has 0 saturated carbocycles. The monoisotopic (exact) mass is 289 g/mol. The van der Waals surface area contributed by atoms with Crippen LogP contribution in [0.4, 0.5) is 5.82 Å². The topological polar surface area (TPSA) is 29.0 Å². The average Bonchev–Trinajstić information content (AvgIpc) is 2.62. The molecule has 2 aromatic heterocycles. The van der Waals surface area contributed by atoms with Crippen molar-refractivity contribution in [3.63, 3.8) is 0 Å². The summed E-state index contributed by atoms with van der Waals surface area (Å²) in [6.45, 7) is 13.3. The van der Waals surface area contributed by atoms with Crippen LogP contribution in [0.3, 0.4) is 0 Å². The van der Waals surface area contributed by atoms with Crippen LogP contribution in [0.5, 0.6) is 0 Å². The van der Waals surface area contributed by atoms with Crippen LogP contribution in [0.2, 0.25) is 0 Å². The standard InChI is InChI=1S/C16H23N3S/c1-9-6-10(2)8-19(7-9)15-14-11(3)12(4)20-16(14)18-13(5)17-15/h9-10H,6-8H2,1-5H3. The summed E-state index contributed by atoms with van der Waals surface area (Å²) in [7, 11) is 0. The van der Waals surface area contributed by atoms with Crippen LogP contribution in [0.1, 0.15) is 36.5 Å². The molecular weight excluding hydrogens is 266 g/mol. The number of anilines is 1. The highest BCUT2D eigenvalue weighted by atomic mass is 32.1. The summed E-state index contributed by atoms with van der Waals surface area (Å²) < 4.78 is 0. The zero-order chi connectivity index (χ0) is 14.4. The molecule has 2 unspecified atom stereocenters. The Labute approximate surface area is 125 Å². The number of fused-ring (bicyclic) bond motifs is 1. The van der Waals surface area contributed by atoms with Gasteiger partial charge in [0.25, 0.3) is 0 Å². The van der Waals surface area contributed by atoms with Crippen molar-refractivity contribution in [2.24, 2.45) is 11.8 Å². The summed E-state index contributed by atoms with van der Waals surface area (Å²) in [4.78, 5) is 14.4. The van der Waals surface area contributed by atoms with E-state index in [0.717, 1.165) is 41.4 Å². The van der Waals surface area contributed by atoms with Gasteiger partial charge in [-0.05, 0) is 44.6 Å². The van der Waals surface area contributed by atoms with Gasteiger partial charge in [-0.25, -0.2) is 9.97 Å². The molecule has 108 valence electrons. The Bertz CT molecular complexity index is 637. The smallest absolute Gasteiger partial charge is 0.141 e. The van der Waals surface area contributed by atoms with E-state index >= 15 is 0 Å². The molecule has 20 heavy (non-hydrogen) atoms. The Morgan fingerprint density at radius 1 is 1.05 bits per heavy atom. The van der Waals surface area contributed by atoms with E-state index in [1.54, 1.807) is 11.3 Å². The highest BCUT2D eigenvalue weighted by Gasteiger charge is 2.25. The molecule has 3 heterocycles. The lowest BCUT2D eigenvalue weighted by Crippen LogP contribution is -2.39. The number of aromatic nitrogens is 2. The minimum atomic E-state index is 0.740. The molecule has 4 heteroatoms. The quantitative estimate of drug-likeness (QED) is 0.791. The van der Waals surface area contributed by atoms with Gasteiger partial charge in [-0.3, -0.25) is 0 Å². The van der Waals surface area contributed by atoms with Gasteiger partial charge >= 0.3 is 0 Å². The van der Waals surface area contributed by atoms with E-state index in [4.69, 9.17) is 4.98 Å². The molecule has 1 aliphatic heterocycles. The van der Waals surface area contributed by atoms with Gasteiger partial charge in [0.15, 0.2) is 0 Å². The predicted molar refractivity (Wildman–Crippen MR) is 86.8 cm³/mol. The Morgan fingerprint density at radius 2 is 1.70 bits per heavy atom. The SMILES string of the molecule is Cc1nc(N2CC(C)CC(C)C2)c2c(C)c(C)sc2n1. The molecule has 2 atom stereocenters. The molecule has 0 radical (unpaired) electrons. The molecule has 3 nitrogen and oxygen atoms in total. The van der Waals surface area contributed by atoms with Gasteiger partial charge < -0.3 is 4.90 Å². The lowest BCUT2D eigenvalue weighted by Gasteiger charge is -2.36. The summed E-state index contributed by atoms with van der Waals surface area (Å²) in [5, 5.41) is 1.28. The maximum atomic E-state index is 4.79. The van der Waals surface area contributed by atoms with Gasteiger partial charge in [-0.15, -0.1) is 11.3 Å². The van der Waals surface area contributed by atoms with Gasteiger partial charge in [-0.2, -0.15) is 0 Å². The summed E-state index contributed by atoms with van der Waals surface area (Å²) in [6, 6.07) is 0. The van der Waals surface area contributed by atoms with E-state index in [2.05, 4.69) is 37.6 Å². The second kappa shape index (κ2) is 4.99. The average molecular weight is 289 g/mol. The molecule has 0 amide bonds. The Hall–Kier alpha value is -1.16. The molecule has 0 spiro atoms. The highest BCUT2D eigenvalue weighted by molar-refractivity contribution is 7.18. The molecule has 2 aromatic rings. The Kier molecular flexibility index (Phi) is 3.44. The molecule has 0 N–H and O–H groups in total. The van der Waals surface area contributed by atoms with E-state index in [-0.39, 0.29) is 0 Å². The molecule has 1 aliphatic rings. The van der Waals surface area contributed by atoms with E-state index < -0.39 is 0 Å². The minimum Gasteiger partial charge on any atom is -0.355 e. The van der Waals surface area contributed by atoms with Crippen molar-refractivity contribution >= 4 is 27.4 Å². The van der Waals surface area contributed by atoms with Crippen molar-refractivity contribution in [3.05, 3.63) is 16.3 Å². The van der Waals surface area contributed by atoms with Crippen LogP contribution in [0.15, 0.2) is 0 Å². The summed E-state index contributed by atoms with van der Waals surface area (Å²) in [5.41, 5.74) is 1.35. The molecule has 3 rings (SSSR count). The number of rotatable bonds is 1. The second-order valence-electron chi connectivity index (χ2n) is 6.41. The highest BCUT2D eigenvalue weighted by Crippen LogP contribution is 2.36. The fraction of sp³-hybridized carbons (Fsp3) is 0.625. The third kappa shape index (κ3) is 2.30. The predicted octanol–water partition coefficient (Wildman–Crippen LogP) is 4.10. The lowest BCUT2D eigenvalue weighted by atomic mass is 9.92. The first-order valence-corrected chi connectivity index (χ1v) is 8.26. The minimum absolute atomic E-state index is 0.740. The normalized spacial score (nSPS) is 23.6. The first-order valence-electron chi connectivity index (χ1n) is 7.45. The maximum Gasteiger partial charge on any atom is 0.141 e. The van der Waals surface area contributed by atoms with Crippen molar-refractivity contribution < 1.29 is 0 Å². The fourth-order valence-corrected chi connectivity index (χ4v) is 4.47. The van der Waals surface area contributed by atoms with Crippen molar-refractivity contribution in [3.8, 4) is 0 Å². The zero-order valence-electron chi connectivity index (χ0n) is 13.0. The summed E-state index contributed by atoms with van der Waals surface area (Å²) in [6.07, 6.45) is 1.32.